The minimum Gasteiger partial charge on any atom is -0.337 e. The van der Waals surface area contributed by atoms with Crippen molar-refractivity contribution in [1.82, 2.24) is 9.80 Å². The summed E-state index contributed by atoms with van der Waals surface area (Å²) in [6.07, 6.45) is 4.49. The van der Waals surface area contributed by atoms with E-state index in [0.717, 1.165) is 44.7 Å². The molecule has 2 aromatic carbocycles. The van der Waals surface area contributed by atoms with Crippen LogP contribution >= 0.6 is 0 Å². The van der Waals surface area contributed by atoms with Crippen LogP contribution in [0.25, 0.3) is 6.08 Å². The van der Waals surface area contributed by atoms with Gasteiger partial charge in [0.1, 0.15) is 0 Å². The molecule has 3 rings (SSSR count). The summed E-state index contributed by atoms with van der Waals surface area (Å²) in [4.78, 5) is 16.7. The molecular weight excluding hydrogens is 322 g/mol. The topological polar surface area (TPSA) is 47.3 Å². The Bertz CT molecular complexity index is 782. The first kappa shape index (κ1) is 17.9. The molecule has 1 aliphatic heterocycles. The van der Waals surface area contributed by atoms with Crippen molar-refractivity contribution in [3.63, 3.8) is 0 Å². The molecule has 1 heterocycles. The average Bonchev–Trinajstić information content (AvgIpc) is 2.72. The van der Waals surface area contributed by atoms with Gasteiger partial charge in [0.25, 0.3) is 0 Å². The van der Waals surface area contributed by atoms with Crippen molar-refractivity contribution >= 4 is 12.0 Å². The van der Waals surface area contributed by atoms with E-state index in [1.165, 1.54) is 5.56 Å². The fraction of sp³-hybridized carbons (Fsp3) is 0.273. The summed E-state index contributed by atoms with van der Waals surface area (Å²) in [6.45, 7) is 4.41. The van der Waals surface area contributed by atoms with E-state index < -0.39 is 0 Å². The van der Waals surface area contributed by atoms with E-state index in [0.29, 0.717) is 5.56 Å². The maximum absolute atomic E-state index is 12.3. The molecule has 0 bridgehead atoms. The van der Waals surface area contributed by atoms with Gasteiger partial charge in [0, 0.05) is 38.8 Å². The highest BCUT2D eigenvalue weighted by molar-refractivity contribution is 5.91. The minimum absolute atomic E-state index is 0.0528. The fourth-order valence-corrected chi connectivity index (χ4v) is 3.07. The van der Waals surface area contributed by atoms with Crippen LogP contribution < -0.4 is 0 Å². The van der Waals surface area contributed by atoms with Crippen molar-refractivity contribution in [2.75, 3.05) is 32.7 Å². The summed E-state index contributed by atoms with van der Waals surface area (Å²) in [5.41, 5.74) is 2.91. The van der Waals surface area contributed by atoms with Gasteiger partial charge in [-0.3, -0.25) is 9.69 Å². The Hall–Kier alpha value is -2.90. The Morgan fingerprint density at radius 2 is 1.69 bits per heavy atom. The molecule has 1 saturated heterocycles. The molecule has 132 valence electrons. The SMILES string of the molecule is N#Cc1ccc(C=CC(=O)N2CCN(CCc3ccccc3)CC2)cc1. The first-order chi connectivity index (χ1) is 12.7. The Morgan fingerprint density at radius 3 is 2.35 bits per heavy atom. The van der Waals surface area contributed by atoms with Gasteiger partial charge in [-0.05, 0) is 35.8 Å². The van der Waals surface area contributed by atoms with E-state index >= 15 is 0 Å². The molecule has 0 saturated carbocycles. The maximum Gasteiger partial charge on any atom is 0.246 e. The van der Waals surface area contributed by atoms with Gasteiger partial charge in [-0.2, -0.15) is 5.26 Å². The number of carbonyl (C=O) groups excluding carboxylic acids is 1. The predicted octanol–water partition coefficient (Wildman–Crippen LogP) is 2.96. The van der Waals surface area contributed by atoms with Gasteiger partial charge in [-0.1, -0.05) is 42.5 Å². The summed E-state index contributed by atoms with van der Waals surface area (Å²) in [7, 11) is 0. The van der Waals surface area contributed by atoms with Crippen LogP contribution in [0.15, 0.2) is 60.7 Å². The van der Waals surface area contributed by atoms with E-state index in [1.807, 2.05) is 29.2 Å². The summed E-state index contributed by atoms with van der Waals surface area (Å²) in [5, 5.41) is 8.81. The number of amides is 1. The van der Waals surface area contributed by atoms with Crippen molar-refractivity contribution in [3.8, 4) is 6.07 Å². The fourth-order valence-electron chi connectivity index (χ4n) is 3.07. The standard InChI is InChI=1S/C22H23N3O/c23-18-21-8-6-20(7-9-21)10-11-22(26)25-16-14-24(15-17-25)13-12-19-4-2-1-3-5-19/h1-11H,12-17H2. The van der Waals surface area contributed by atoms with Crippen LogP contribution in [-0.2, 0) is 11.2 Å². The second-order valence-corrected chi connectivity index (χ2v) is 6.47. The molecule has 1 amide bonds. The van der Waals surface area contributed by atoms with Crippen molar-refractivity contribution in [2.24, 2.45) is 0 Å². The third kappa shape index (κ3) is 5.05. The van der Waals surface area contributed by atoms with E-state index in [9.17, 15) is 4.79 Å². The first-order valence-corrected chi connectivity index (χ1v) is 8.98. The molecule has 0 radical (unpaired) electrons. The van der Waals surface area contributed by atoms with Crippen molar-refractivity contribution in [2.45, 2.75) is 6.42 Å². The zero-order valence-corrected chi connectivity index (χ0v) is 14.8. The lowest BCUT2D eigenvalue weighted by Crippen LogP contribution is -2.48. The number of nitrogens with zero attached hydrogens (tertiary/aromatic N) is 3. The third-order valence-electron chi connectivity index (χ3n) is 4.70. The monoisotopic (exact) mass is 345 g/mol. The van der Waals surface area contributed by atoms with Gasteiger partial charge >= 0.3 is 0 Å². The number of nitriles is 1. The molecule has 0 N–H and O–H groups in total. The summed E-state index contributed by atoms with van der Waals surface area (Å²) >= 11 is 0. The van der Waals surface area contributed by atoms with Crippen LogP contribution in [0, 0.1) is 11.3 Å². The number of rotatable bonds is 5. The van der Waals surface area contributed by atoms with Crippen LogP contribution in [0.2, 0.25) is 0 Å². The lowest BCUT2D eigenvalue weighted by molar-refractivity contribution is -0.127. The number of piperazine rings is 1. The second-order valence-electron chi connectivity index (χ2n) is 6.47. The molecule has 0 spiro atoms. The predicted molar refractivity (Wildman–Crippen MR) is 103 cm³/mol. The van der Waals surface area contributed by atoms with Crippen LogP contribution in [0.1, 0.15) is 16.7 Å². The highest BCUT2D eigenvalue weighted by Gasteiger charge is 2.19. The van der Waals surface area contributed by atoms with Crippen molar-refractivity contribution in [1.29, 1.82) is 5.26 Å². The molecule has 2 aromatic rings. The van der Waals surface area contributed by atoms with E-state index in [2.05, 4.69) is 35.2 Å². The first-order valence-electron chi connectivity index (χ1n) is 8.98. The maximum atomic E-state index is 12.3. The highest BCUT2D eigenvalue weighted by atomic mass is 16.2. The number of hydrogen-bond donors (Lipinski definition) is 0. The van der Waals surface area contributed by atoms with Crippen molar-refractivity contribution < 1.29 is 4.79 Å². The third-order valence-corrected chi connectivity index (χ3v) is 4.70. The highest BCUT2D eigenvalue weighted by Crippen LogP contribution is 2.08. The number of carbonyl (C=O) groups is 1. The molecule has 4 nitrogen and oxygen atoms in total. The molecule has 26 heavy (non-hydrogen) atoms. The Morgan fingerprint density at radius 1 is 1.00 bits per heavy atom. The van der Waals surface area contributed by atoms with Crippen LogP contribution in [0.3, 0.4) is 0 Å². The summed E-state index contributed by atoms with van der Waals surface area (Å²) < 4.78 is 0. The van der Waals surface area contributed by atoms with Gasteiger partial charge in [0.15, 0.2) is 0 Å². The largest absolute Gasteiger partial charge is 0.337 e. The Labute approximate surface area is 155 Å². The molecule has 4 heteroatoms. The number of benzene rings is 2. The Balaban J connectivity index is 1.44. The molecule has 0 atom stereocenters. The molecule has 1 fully saturated rings. The summed E-state index contributed by atoms with van der Waals surface area (Å²) in [6, 6.07) is 19.8. The Kier molecular flexibility index (Phi) is 6.19. The van der Waals surface area contributed by atoms with Gasteiger partial charge in [-0.25, -0.2) is 0 Å². The van der Waals surface area contributed by atoms with Gasteiger partial charge < -0.3 is 4.90 Å². The molecule has 0 unspecified atom stereocenters. The normalized spacial score (nSPS) is 15.1. The second kappa shape index (κ2) is 8.98. The zero-order valence-electron chi connectivity index (χ0n) is 14.8. The van der Waals surface area contributed by atoms with Crippen LogP contribution in [0.5, 0.6) is 0 Å². The van der Waals surface area contributed by atoms with E-state index in [-0.39, 0.29) is 5.91 Å². The van der Waals surface area contributed by atoms with Crippen LogP contribution in [-0.4, -0.2) is 48.4 Å². The van der Waals surface area contributed by atoms with E-state index in [1.54, 1.807) is 18.2 Å². The van der Waals surface area contributed by atoms with Gasteiger partial charge in [-0.15, -0.1) is 0 Å². The average molecular weight is 345 g/mol. The lowest BCUT2D eigenvalue weighted by Gasteiger charge is -2.34. The minimum atomic E-state index is 0.0528. The molecular formula is C22H23N3O. The van der Waals surface area contributed by atoms with Gasteiger partial charge in [0.2, 0.25) is 5.91 Å². The molecule has 1 aliphatic rings. The smallest absolute Gasteiger partial charge is 0.246 e. The molecule has 0 aliphatic carbocycles. The summed E-state index contributed by atoms with van der Waals surface area (Å²) in [5.74, 6) is 0.0528. The number of hydrogen-bond acceptors (Lipinski definition) is 3. The quantitative estimate of drug-likeness (QED) is 0.783. The zero-order chi connectivity index (χ0) is 18.2. The molecule has 0 aromatic heterocycles. The lowest BCUT2D eigenvalue weighted by atomic mass is 10.1. The van der Waals surface area contributed by atoms with Gasteiger partial charge in [0.05, 0.1) is 11.6 Å². The van der Waals surface area contributed by atoms with E-state index in [4.69, 9.17) is 5.26 Å². The van der Waals surface area contributed by atoms with Crippen LogP contribution in [0.4, 0.5) is 0 Å². The van der Waals surface area contributed by atoms with Crippen molar-refractivity contribution in [3.05, 3.63) is 77.4 Å².